The van der Waals surface area contributed by atoms with Crippen LogP contribution < -0.4 is 72.1 Å². The fraction of sp³-hybridized carbons (Fsp3) is 0.642. The number of allylic oxidation sites excluding steroid dienone is 1. The molecule has 4 bridgehead atoms. The van der Waals surface area contributed by atoms with Gasteiger partial charge in [-0.2, -0.15) is 0 Å². The summed E-state index contributed by atoms with van der Waals surface area (Å²) in [5.41, 5.74) is 17.0. The van der Waals surface area contributed by atoms with Crippen molar-refractivity contribution >= 4 is 105 Å². The van der Waals surface area contributed by atoms with Gasteiger partial charge in [-0.05, 0) is 248 Å². The molecule has 3 aromatic carbocycles. The molecule has 4 aliphatic carbocycles. The van der Waals surface area contributed by atoms with Gasteiger partial charge in [-0.3, -0.25) is 38.9 Å². The van der Waals surface area contributed by atoms with Crippen LogP contribution in [0.25, 0.3) is 0 Å². The summed E-state index contributed by atoms with van der Waals surface area (Å²) in [5.74, 6) is 4.43. The van der Waals surface area contributed by atoms with Gasteiger partial charge in [-0.25, -0.2) is 9.59 Å². The minimum Gasteiger partial charge on any atom is -0.493 e. The van der Waals surface area contributed by atoms with E-state index in [4.69, 9.17) is 35.2 Å². The Balaban J connectivity index is 0.000000234. The van der Waals surface area contributed by atoms with Gasteiger partial charge in [0, 0.05) is 118 Å². The molecule has 3 aromatic rings. The molecule has 2 spiro atoms. The van der Waals surface area contributed by atoms with Gasteiger partial charge in [0.2, 0.25) is 0 Å². The van der Waals surface area contributed by atoms with Crippen molar-refractivity contribution in [2.24, 2.45) is 32.8 Å². The Morgan fingerprint density at radius 1 is 0.693 bits per heavy atom. The van der Waals surface area contributed by atoms with E-state index in [2.05, 4.69) is 141 Å². The first-order valence-corrected chi connectivity index (χ1v) is 43.6. The van der Waals surface area contributed by atoms with Crippen LogP contribution in [0.15, 0.2) is 64.3 Å². The highest BCUT2D eigenvalue weighted by Crippen LogP contribution is 2.69. The minimum atomic E-state index is -0.549. The number of nitrogens with two attached hydrogens (primary N) is 2. The molecule has 11 rings (SSSR count). The van der Waals surface area contributed by atoms with Crippen molar-refractivity contribution in [3.05, 3.63) is 87.7 Å². The standard InChI is InChI=1S/C39H54N5O6P.C30H46N6O5P2.C11H27N5OP2.CH4/c1-40-28(9-7-8-19-42(2)3)31(45)15-11-24-21-26(37(46)41-23-51)10-14-29(24)44(5)38(47)49-33-17-13-27-30-22-25-12-16-32(48-6)35-34(25)39(27,36(33)50-35)18-20-43(30)4;1-29-11-10-21(38)26-30(29)12-15-35(2)23(29)16-18-8-9-22(25(41-26)24(18)30)40-28(39)36(3)14-5-7-20(37)19(33-17-42)6-4-13-32-27(31)34-43;1-13-6-3-5-10(17)9(15-8-18)4-2-7-14-11(12)16-19;/h10,12,14,16-17,21,27-28,30,36,40H,7-9,11,13,15,18-20,22-23,51H2,1-6H3,(H,41,46);8-9,19,23,26,33H,4-7,10-17,42-43H2,1-3H3,(H3,31,32,34);9,13,15H,2-8,18-19H2,1H3,(H3,12,14,16);1H4/t27-,28?,30+,36-,39-;19?,23-,26+,29+,30+;9-;/m010./s1. The summed E-state index contributed by atoms with van der Waals surface area (Å²) in [4.78, 5) is 110. The van der Waals surface area contributed by atoms with E-state index < -0.39 is 24.4 Å². The maximum absolute atomic E-state index is 14.1. The number of guanidine groups is 2. The molecule has 28 nitrogen and oxygen atoms in total. The highest BCUT2D eigenvalue weighted by Gasteiger charge is 2.71. The number of anilines is 1. The Kier molecular flexibility index (Phi) is 35.7. The molecule has 3 amide bonds. The highest BCUT2D eigenvalue weighted by molar-refractivity contribution is 7.16. The largest absolute Gasteiger partial charge is 0.493 e. The number of hydrogen-bond acceptors (Lipinski definition) is 21. The molecule has 8 aliphatic rings. The Bertz CT molecular complexity index is 3940. The zero-order chi connectivity index (χ0) is 81.9. The molecule has 632 valence electrons. The zero-order valence-corrected chi connectivity index (χ0v) is 73.8. The van der Waals surface area contributed by atoms with Gasteiger partial charge in [0.05, 0.1) is 30.7 Å². The number of unbranched alkanes of at least 4 members (excludes halogenated alkanes) is 1. The van der Waals surface area contributed by atoms with Crippen LogP contribution in [-0.4, -0.2) is 243 Å². The number of Topliss-reactive ketones (excluding diaryl/α,β-unsaturated/α-hetero) is 4. The molecule has 11 N–H and O–H groups in total. The van der Waals surface area contributed by atoms with Gasteiger partial charge in [-0.1, -0.05) is 32.9 Å². The second-order valence-electron chi connectivity index (χ2n) is 31.5. The van der Waals surface area contributed by atoms with E-state index in [0.29, 0.717) is 135 Å². The van der Waals surface area contributed by atoms with Crippen molar-refractivity contribution in [3.63, 3.8) is 0 Å². The predicted octanol–water partition coefficient (Wildman–Crippen LogP) is 7.33. The summed E-state index contributed by atoms with van der Waals surface area (Å²) in [6.45, 7) is 7.56. The van der Waals surface area contributed by atoms with Crippen molar-refractivity contribution in [2.75, 3.05) is 133 Å². The fourth-order valence-corrected chi connectivity index (χ4v) is 19.6. The van der Waals surface area contributed by atoms with Gasteiger partial charge in [0.25, 0.3) is 5.91 Å². The summed E-state index contributed by atoms with van der Waals surface area (Å²) in [5, 5.41) is 20.9. The van der Waals surface area contributed by atoms with Crippen LogP contribution in [0.4, 0.5) is 15.3 Å². The monoisotopic (exact) mass is 1670 g/mol. The summed E-state index contributed by atoms with van der Waals surface area (Å²) < 4.78 is 31.2. The number of piperidine rings is 2. The lowest BCUT2D eigenvalue weighted by atomic mass is 9.44. The number of ether oxygens (including phenoxy) is 5. The summed E-state index contributed by atoms with van der Waals surface area (Å²) in [6, 6.07) is 13.4. The smallest absolute Gasteiger partial charge is 0.419 e. The maximum atomic E-state index is 14.1. The number of rotatable bonds is 38. The molecule has 114 heavy (non-hydrogen) atoms. The maximum Gasteiger partial charge on any atom is 0.419 e. The first-order chi connectivity index (χ1) is 54.2. The number of benzene rings is 3. The van der Waals surface area contributed by atoms with Gasteiger partial charge in [0.1, 0.15) is 23.1 Å². The topological polar surface area (TPSA) is 343 Å². The predicted molar refractivity (Wildman–Crippen MR) is 470 cm³/mol. The van der Waals surface area contributed by atoms with E-state index in [9.17, 15) is 33.6 Å². The second kappa shape index (κ2) is 43.6. The molecular formula is C81H131N16O12P5. The number of carbonyl (C=O) groups excluding carboxylic acids is 7. The number of amides is 3. The third-order valence-electron chi connectivity index (χ3n) is 24.6. The third-order valence-corrected chi connectivity index (χ3v) is 25.9. The third kappa shape index (κ3) is 21.1. The fourth-order valence-electron chi connectivity index (χ4n) is 18.7. The lowest BCUT2D eigenvalue weighted by Crippen LogP contribution is -2.70. The highest BCUT2D eigenvalue weighted by atomic mass is 31.0. The van der Waals surface area contributed by atoms with Gasteiger partial charge in [-0.15, -0.1) is 27.7 Å². The first kappa shape index (κ1) is 93.4. The number of nitrogens with one attached hydrogen (secondary N) is 7. The minimum absolute atomic E-state index is 0. The molecular weight excluding hydrogens is 1540 g/mol. The molecule has 33 heteroatoms. The lowest BCUT2D eigenvalue weighted by molar-refractivity contribution is -0.150. The number of nitrogens with zero attached hydrogens (tertiary/aromatic N) is 7. The van der Waals surface area contributed by atoms with E-state index in [0.717, 1.165) is 133 Å². The van der Waals surface area contributed by atoms with Gasteiger partial charge in [0.15, 0.2) is 52.9 Å². The Morgan fingerprint density at radius 3 is 1.93 bits per heavy atom. The number of likely N-dealkylation sites (N-methyl/N-ethyl adjacent to an activating group) is 3. The molecule has 1 saturated carbocycles. The lowest BCUT2D eigenvalue weighted by Gasteiger charge is -2.63. The Labute approximate surface area is 687 Å². The van der Waals surface area contributed by atoms with Crippen LogP contribution in [-0.2, 0) is 54.0 Å². The molecule has 4 heterocycles. The Morgan fingerprint density at radius 2 is 1.31 bits per heavy atom. The van der Waals surface area contributed by atoms with E-state index in [1.54, 1.807) is 39.4 Å². The normalized spacial score (nSPS) is 23.4. The number of methoxy groups -OCH3 is 1. The van der Waals surface area contributed by atoms with Crippen molar-refractivity contribution in [2.45, 2.75) is 196 Å². The number of hydrogen-bond donors (Lipinski definition) is 9. The number of likely N-dealkylation sites (tertiary alicyclic amines) is 2. The van der Waals surface area contributed by atoms with E-state index in [1.807, 2.05) is 46.4 Å². The second-order valence-corrected chi connectivity index (χ2v) is 33.3. The Hall–Kier alpha value is -6.10. The molecule has 2 saturated heterocycles. The van der Waals surface area contributed by atoms with Crippen molar-refractivity contribution in [3.8, 4) is 23.0 Å². The van der Waals surface area contributed by atoms with Gasteiger partial charge >= 0.3 is 12.2 Å². The van der Waals surface area contributed by atoms with E-state index >= 15 is 0 Å². The van der Waals surface area contributed by atoms with Crippen LogP contribution in [0, 0.1) is 11.3 Å². The number of aryl methyl sites for hydroxylation is 1. The van der Waals surface area contributed by atoms with Crippen LogP contribution in [0.5, 0.6) is 23.0 Å². The molecule has 0 radical (unpaired) electrons. The molecule has 0 aromatic heterocycles. The van der Waals surface area contributed by atoms with Crippen molar-refractivity contribution < 1.29 is 57.2 Å². The van der Waals surface area contributed by atoms with E-state index in [1.165, 1.54) is 26.5 Å². The molecule has 4 aliphatic heterocycles. The zero-order valence-electron chi connectivity index (χ0n) is 68.0. The molecule has 7 unspecified atom stereocenters. The first-order valence-electron chi connectivity index (χ1n) is 40.0. The average molecular weight is 1680 g/mol. The van der Waals surface area contributed by atoms with Gasteiger partial charge < -0.3 is 91.5 Å². The quantitative estimate of drug-likeness (QED) is 0.0117. The molecule has 3 fully saturated rings. The number of aliphatic imine (C=N–C) groups is 2. The van der Waals surface area contributed by atoms with Crippen LogP contribution in [0.1, 0.15) is 162 Å². The number of carbonyl (C=O) groups is 7. The average Bonchev–Trinajstić information content (AvgIpc) is 1.47. The summed E-state index contributed by atoms with van der Waals surface area (Å²) in [6.07, 6.45) is 16.2. The SMILES string of the molecule is C.CN(CCCC(=O)C(CCCN=C(N)NP)NCP)C(=O)Oc1ccc2c3c1O[C@H]1C(=O)CC[C@@]4(C)[C@@H](C2)N(C)CC[C@]314.CNC(CCCCN(C)C)C(=O)CCc1cc(C(=O)NCP)ccc1N(C)C(=O)OC1=CC[C@H]2[C@H]3Cc4ccc(OC)c5c4[C@@]2(CCN3C)[C@H]1O5.CNCCCC(=O)[C@H](CCCN=C(N)NP)NCP. The van der Waals surface area contributed by atoms with Crippen molar-refractivity contribution in [1.82, 2.24) is 56.4 Å². The van der Waals surface area contributed by atoms with Crippen molar-refractivity contribution in [1.29, 1.82) is 0 Å². The van der Waals surface area contributed by atoms with E-state index in [-0.39, 0.29) is 77.3 Å². The van der Waals surface area contributed by atoms with Crippen LogP contribution in [0.3, 0.4) is 0 Å². The van der Waals surface area contributed by atoms with Crippen LogP contribution >= 0.6 is 46.5 Å². The summed E-state index contributed by atoms with van der Waals surface area (Å²) in [7, 11) is 29.5. The summed E-state index contributed by atoms with van der Waals surface area (Å²) >= 11 is 0. The van der Waals surface area contributed by atoms with Crippen LogP contribution in [0.2, 0.25) is 0 Å². The number of ketones is 4. The molecule has 16 atom stereocenters.